The summed E-state index contributed by atoms with van der Waals surface area (Å²) in [6.45, 7) is 4.68. The molecule has 16 heteroatoms. The van der Waals surface area contributed by atoms with Crippen molar-refractivity contribution in [1.82, 2.24) is 25.6 Å². The third-order valence-corrected chi connectivity index (χ3v) is 6.06. The summed E-state index contributed by atoms with van der Waals surface area (Å²) in [5.41, 5.74) is 6.39. The Balaban J connectivity index is 0.00000109. The third kappa shape index (κ3) is 12.8. The smallest absolute Gasteiger partial charge is 0.422 e. The number of benzene rings is 2. The molecular weight excluding hydrogens is 617 g/mol. The van der Waals surface area contributed by atoms with E-state index in [9.17, 15) is 18.0 Å². The monoisotopic (exact) mass is 650 g/mol. The van der Waals surface area contributed by atoms with Crippen LogP contribution in [0.15, 0.2) is 60.7 Å². The van der Waals surface area contributed by atoms with E-state index in [-0.39, 0.29) is 24.2 Å². The highest BCUT2D eigenvalue weighted by atomic mass is 35.5. The summed E-state index contributed by atoms with van der Waals surface area (Å²) < 4.78 is 43.2. The standard InChI is InChI=1S/C26H27ClF3N7O2.C2H4O.CH3NO/c1-16(13-31-2)14-32-21(38)17-3-9-20(10-4-17)33-22-34-23(36-24(35-22)39-15-26(28,29)30)37-25(11-12-25)18-5-7-19(27)8-6-18;1-2-3;2-1-3/h3-10,31H,1,11-15H2,2H3,(H,32,38)(H2,33,34,35,36,37);2H,1H3;1H,(H2,2,3). The highest BCUT2D eigenvalue weighted by Crippen LogP contribution is 2.48. The molecule has 1 fully saturated rings. The van der Waals surface area contributed by atoms with Crippen LogP contribution in [0.4, 0.5) is 30.8 Å². The van der Waals surface area contributed by atoms with Crippen molar-refractivity contribution < 1.29 is 32.3 Å². The fourth-order valence-corrected chi connectivity index (χ4v) is 3.85. The molecule has 45 heavy (non-hydrogen) atoms. The molecule has 0 spiro atoms. The zero-order valence-corrected chi connectivity index (χ0v) is 25.3. The number of nitrogens with zero attached hydrogens (tertiary/aromatic N) is 3. The lowest BCUT2D eigenvalue weighted by atomic mass is 10.1. The van der Waals surface area contributed by atoms with Gasteiger partial charge in [-0.25, -0.2) is 0 Å². The molecule has 1 aromatic heterocycles. The second-order valence-corrected chi connectivity index (χ2v) is 9.86. The Morgan fingerprint density at radius 3 is 2.16 bits per heavy atom. The number of aromatic nitrogens is 3. The Kier molecular flexibility index (Phi) is 14.2. The Bertz CT molecular complexity index is 1410. The average molecular weight is 651 g/mol. The number of rotatable bonds is 12. The zero-order chi connectivity index (χ0) is 33.5. The minimum Gasteiger partial charge on any atom is -0.454 e. The minimum absolute atomic E-state index is 0.0304. The van der Waals surface area contributed by atoms with Crippen LogP contribution in [-0.2, 0) is 15.1 Å². The molecular formula is C29H34ClF3N8O4. The van der Waals surface area contributed by atoms with Gasteiger partial charge in [-0.3, -0.25) is 9.59 Å². The zero-order valence-electron chi connectivity index (χ0n) is 24.6. The summed E-state index contributed by atoms with van der Waals surface area (Å²) in [7, 11) is 1.79. The Hall–Kier alpha value is -4.76. The van der Waals surface area contributed by atoms with Crippen LogP contribution >= 0.6 is 11.6 Å². The number of nitrogens with one attached hydrogen (secondary N) is 4. The second-order valence-electron chi connectivity index (χ2n) is 9.42. The molecule has 0 bridgehead atoms. The van der Waals surface area contributed by atoms with Crippen molar-refractivity contribution in [2.75, 3.05) is 37.4 Å². The molecule has 1 aliphatic rings. The number of hydrogen-bond acceptors (Lipinski definition) is 10. The van der Waals surface area contributed by atoms with E-state index >= 15 is 0 Å². The van der Waals surface area contributed by atoms with Crippen LogP contribution in [0, 0.1) is 0 Å². The molecule has 2 amide bonds. The number of primary amides is 1. The summed E-state index contributed by atoms with van der Waals surface area (Å²) in [6, 6.07) is 13.2. The van der Waals surface area contributed by atoms with Gasteiger partial charge in [-0.15, -0.1) is 0 Å². The van der Waals surface area contributed by atoms with Crippen LogP contribution in [0.3, 0.4) is 0 Å². The number of ether oxygens (including phenoxy) is 1. The minimum atomic E-state index is -4.56. The number of amides is 2. The molecule has 1 heterocycles. The van der Waals surface area contributed by atoms with E-state index in [0.29, 0.717) is 29.4 Å². The number of aldehydes is 1. The average Bonchev–Trinajstić information content (AvgIpc) is 3.76. The van der Waals surface area contributed by atoms with Gasteiger partial charge in [0.25, 0.3) is 5.91 Å². The maximum absolute atomic E-state index is 12.8. The first kappa shape index (κ1) is 36.4. The van der Waals surface area contributed by atoms with Crippen LogP contribution in [0.5, 0.6) is 6.01 Å². The number of carbonyl (C=O) groups excluding carboxylic acids is 3. The highest BCUT2D eigenvalue weighted by Gasteiger charge is 2.45. The number of carbonyl (C=O) groups is 3. The number of likely N-dealkylation sites (N-methyl/N-ethyl adjacent to an activating group) is 1. The molecule has 2 aromatic carbocycles. The van der Waals surface area contributed by atoms with E-state index in [0.717, 1.165) is 30.3 Å². The lowest BCUT2D eigenvalue weighted by molar-refractivity contribution is -0.154. The van der Waals surface area contributed by atoms with E-state index in [1.54, 1.807) is 43.4 Å². The van der Waals surface area contributed by atoms with E-state index in [2.05, 4.69) is 48.5 Å². The summed E-state index contributed by atoms with van der Waals surface area (Å²) in [4.78, 5) is 42.1. The van der Waals surface area contributed by atoms with Gasteiger partial charge < -0.3 is 36.5 Å². The third-order valence-electron chi connectivity index (χ3n) is 5.81. The van der Waals surface area contributed by atoms with Crippen molar-refractivity contribution in [2.24, 2.45) is 5.73 Å². The summed E-state index contributed by atoms with van der Waals surface area (Å²) >= 11 is 6.00. The van der Waals surface area contributed by atoms with Crippen molar-refractivity contribution in [3.05, 3.63) is 76.8 Å². The van der Waals surface area contributed by atoms with Crippen LogP contribution in [0.25, 0.3) is 0 Å². The number of alkyl halides is 3. The molecule has 12 nitrogen and oxygen atoms in total. The largest absolute Gasteiger partial charge is 0.454 e. The molecule has 0 radical (unpaired) electrons. The van der Waals surface area contributed by atoms with Crippen molar-refractivity contribution in [3.63, 3.8) is 0 Å². The lowest BCUT2D eigenvalue weighted by Gasteiger charge is -2.19. The Morgan fingerprint density at radius 2 is 1.62 bits per heavy atom. The van der Waals surface area contributed by atoms with Gasteiger partial charge in [-0.1, -0.05) is 30.3 Å². The van der Waals surface area contributed by atoms with Crippen molar-refractivity contribution >= 4 is 47.8 Å². The molecule has 4 rings (SSSR count). The van der Waals surface area contributed by atoms with Crippen LogP contribution in [0.1, 0.15) is 35.7 Å². The first-order valence-electron chi connectivity index (χ1n) is 13.4. The van der Waals surface area contributed by atoms with Gasteiger partial charge >= 0.3 is 12.2 Å². The molecule has 242 valence electrons. The SMILES string of the molecule is C=C(CNC)CNC(=O)c1ccc(Nc2nc(NC3(c4ccc(Cl)cc4)CC3)nc(OCC(F)(F)F)n2)cc1.CC=O.NC=O. The second kappa shape index (κ2) is 17.5. The van der Waals surface area contributed by atoms with E-state index < -0.39 is 24.3 Å². The maximum Gasteiger partial charge on any atom is 0.422 e. The number of halogens is 4. The topological polar surface area (TPSA) is 173 Å². The number of nitrogens with two attached hydrogens (primary N) is 1. The summed E-state index contributed by atoms with van der Waals surface area (Å²) in [5.74, 6) is -0.253. The van der Waals surface area contributed by atoms with Crippen LogP contribution in [0.2, 0.25) is 5.02 Å². The highest BCUT2D eigenvalue weighted by molar-refractivity contribution is 6.30. The predicted octanol–water partition coefficient (Wildman–Crippen LogP) is 4.12. The van der Waals surface area contributed by atoms with Crippen molar-refractivity contribution in [1.29, 1.82) is 0 Å². The first-order chi connectivity index (χ1) is 21.4. The van der Waals surface area contributed by atoms with Gasteiger partial charge in [0, 0.05) is 29.4 Å². The summed E-state index contributed by atoms with van der Waals surface area (Å²) in [6.07, 6.45) is -2.02. The van der Waals surface area contributed by atoms with Gasteiger partial charge in [0.15, 0.2) is 6.61 Å². The van der Waals surface area contributed by atoms with Crippen molar-refractivity contribution in [3.8, 4) is 6.01 Å². The number of anilines is 3. The van der Waals surface area contributed by atoms with Crippen LogP contribution in [-0.4, -0.2) is 66.5 Å². The molecule has 1 aliphatic carbocycles. The predicted molar refractivity (Wildman–Crippen MR) is 164 cm³/mol. The Morgan fingerprint density at radius 1 is 1.04 bits per heavy atom. The maximum atomic E-state index is 12.8. The normalized spacial score (nSPS) is 12.6. The quantitative estimate of drug-likeness (QED) is 0.142. The first-order valence-corrected chi connectivity index (χ1v) is 13.8. The van der Waals surface area contributed by atoms with Crippen LogP contribution < -0.4 is 31.7 Å². The van der Waals surface area contributed by atoms with E-state index in [4.69, 9.17) is 25.9 Å². The molecule has 0 aliphatic heterocycles. The molecule has 3 aromatic rings. The fourth-order valence-electron chi connectivity index (χ4n) is 3.73. The van der Waals surface area contributed by atoms with Gasteiger partial charge in [0.1, 0.15) is 6.29 Å². The van der Waals surface area contributed by atoms with Gasteiger partial charge in [0.2, 0.25) is 18.3 Å². The number of hydrogen-bond donors (Lipinski definition) is 5. The fraction of sp³-hybridized carbons (Fsp3) is 0.310. The van der Waals surface area contributed by atoms with Gasteiger partial charge in [-0.2, -0.15) is 28.1 Å². The molecule has 6 N–H and O–H groups in total. The molecule has 0 saturated heterocycles. The lowest BCUT2D eigenvalue weighted by Crippen LogP contribution is -2.28. The molecule has 0 unspecified atom stereocenters. The molecule has 0 atom stereocenters. The van der Waals surface area contributed by atoms with E-state index in [1.807, 2.05) is 12.1 Å². The van der Waals surface area contributed by atoms with Gasteiger partial charge in [0.05, 0.1) is 5.54 Å². The Labute approximate surface area is 263 Å². The van der Waals surface area contributed by atoms with Crippen molar-refractivity contribution in [2.45, 2.75) is 31.5 Å². The van der Waals surface area contributed by atoms with Gasteiger partial charge in [-0.05, 0) is 74.3 Å². The summed E-state index contributed by atoms with van der Waals surface area (Å²) in [5, 5.41) is 12.5. The molecule has 1 saturated carbocycles. The van der Waals surface area contributed by atoms with E-state index in [1.165, 1.54) is 6.92 Å².